The molecule has 0 atom stereocenters. The lowest BCUT2D eigenvalue weighted by atomic mass is 9.83. The number of ether oxygens (including phenoxy) is 1. The van der Waals surface area contributed by atoms with Crippen LogP contribution in [0.1, 0.15) is 76.0 Å². The monoisotopic (exact) mass is 576 g/mol. The average Bonchev–Trinajstić information content (AvgIpc) is 2.96. The maximum absolute atomic E-state index is 14.6. The molecule has 0 unspecified atom stereocenters. The molecule has 0 bridgehead atoms. The van der Waals surface area contributed by atoms with Crippen molar-refractivity contribution in [2.45, 2.75) is 78.9 Å². The van der Waals surface area contributed by atoms with Crippen LogP contribution in [-0.4, -0.2) is 15.5 Å². The van der Waals surface area contributed by atoms with Gasteiger partial charge in [-0.25, -0.2) is 3.63 Å². The summed E-state index contributed by atoms with van der Waals surface area (Å²) in [6.07, 6.45) is 0. The van der Waals surface area contributed by atoms with Crippen LogP contribution in [0, 0.1) is 0 Å². The van der Waals surface area contributed by atoms with E-state index in [9.17, 15) is 8.42 Å². The molecule has 0 aromatic heterocycles. The van der Waals surface area contributed by atoms with Crippen LogP contribution in [0.3, 0.4) is 0 Å². The summed E-state index contributed by atoms with van der Waals surface area (Å²) >= 11 is 0. The highest BCUT2D eigenvalue weighted by Gasteiger charge is 2.40. The predicted molar refractivity (Wildman–Crippen MR) is 165 cm³/mol. The summed E-state index contributed by atoms with van der Waals surface area (Å²) in [7, 11) is -5.34. The molecular weight excluding hydrogens is 537 g/mol. The zero-order valence-corrected chi connectivity index (χ0v) is 26.1. The van der Waals surface area contributed by atoms with Crippen LogP contribution < -0.4 is 4.74 Å². The van der Waals surface area contributed by atoms with Gasteiger partial charge in [-0.1, -0.05) is 84.0 Å². The first-order chi connectivity index (χ1) is 19.0. The number of hydrogen-bond donors (Lipinski definition) is 0. The average molecular weight is 577 g/mol. The van der Waals surface area contributed by atoms with E-state index in [-0.39, 0.29) is 22.6 Å². The molecule has 0 aliphatic carbocycles. The molecule has 4 rings (SSSR count). The van der Waals surface area contributed by atoms with Crippen LogP contribution in [0.5, 0.6) is 5.75 Å². The second-order valence-electron chi connectivity index (χ2n) is 10.8. The lowest BCUT2D eigenvalue weighted by molar-refractivity contribution is 0.414. The van der Waals surface area contributed by atoms with Crippen molar-refractivity contribution in [1.82, 2.24) is 0 Å². The van der Waals surface area contributed by atoms with E-state index in [1.165, 1.54) is 5.56 Å². The lowest BCUT2D eigenvalue weighted by Crippen LogP contribution is -2.18. The minimum Gasteiger partial charge on any atom is -0.497 e. The van der Waals surface area contributed by atoms with Crippen LogP contribution in [0.15, 0.2) is 117 Å². The van der Waals surface area contributed by atoms with Gasteiger partial charge in [-0.15, -0.1) is 0 Å². The highest BCUT2D eigenvalue weighted by atomic mass is 32.3. The summed E-state index contributed by atoms with van der Waals surface area (Å²) in [6.45, 7) is 12.7. The van der Waals surface area contributed by atoms with Gasteiger partial charge in [0.15, 0.2) is 0 Å². The quantitative estimate of drug-likeness (QED) is 0.189. The van der Waals surface area contributed by atoms with E-state index in [0.29, 0.717) is 5.75 Å². The first kappa shape index (κ1) is 29.9. The minimum atomic E-state index is -4.25. The Morgan fingerprint density at radius 3 is 1.45 bits per heavy atom. The summed E-state index contributed by atoms with van der Waals surface area (Å²) in [5.41, 5.74) is 3.11. The molecule has 0 N–H and O–H groups in total. The van der Waals surface area contributed by atoms with Crippen LogP contribution in [-0.2, 0) is 13.7 Å². The SMILES string of the molecule is COc1ccc(S(OS(=O)(=O)c2ccc(C(C)C)c(C(C)C)c2C(C)C)(c2ccccc2)c2ccccc2)cc1. The van der Waals surface area contributed by atoms with Crippen LogP contribution in [0.4, 0.5) is 0 Å². The maximum atomic E-state index is 14.6. The summed E-state index contributed by atoms with van der Waals surface area (Å²) in [4.78, 5) is 2.60. The fourth-order valence-corrected chi connectivity index (χ4v) is 10.9. The highest BCUT2D eigenvalue weighted by molar-refractivity contribution is 8.33. The van der Waals surface area contributed by atoms with Gasteiger partial charge >= 0.3 is 10.1 Å². The van der Waals surface area contributed by atoms with E-state index in [2.05, 4.69) is 41.5 Å². The molecular formula is C34H40O4S2. The molecule has 40 heavy (non-hydrogen) atoms. The third-order valence-corrected chi connectivity index (χ3v) is 12.3. The van der Waals surface area contributed by atoms with E-state index in [0.717, 1.165) is 25.8 Å². The Morgan fingerprint density at radius 2 is 1.02 bits per heavy atom. The molecule has 0 spiro atoms. The molecule has 4 nitrogen and oxygen atoms in total. The van der Waals surface area contributed by atoms with Crippen molar-refractivity contribution in [3.05, 3.63) is 114 Å². The molecule has 0 saturated heterocycles. The molecule has 0 saturated carbocycles. The molecule has 0 aliphatic heterocycles. The van der Waals surface area contributed by atoms with E-state index in [1.54, 1.807) is 13.2 Å². The third kappa shape index (κ3) is 5.71. The van der Waals surface area contributed by atoms with Gasteiger partial charge in [0.1, 0.15) is 5.75 Å². The van der Waals surface area contributed by atoms with Gasteiger partial charge in [-0.2, -0.15) is 8.42 Å². The van der Waals surface area contributed by atoms with Crippen molar-refractivity contribution in [3.63, 3.8) is 0 Å². The smallest absolute Gasteiger partial charge is 0.307 e. The van der Waals surface area contributed by atoms with Crippen molar-refractivity contribution >= 4 is 20.4 Å². The van der Waals surface area contributed by atoms with Gasteiger partial charge in [0, 0.05) is 14.7 Å². The van der Waals surface area contributed by atoms with Gasteiger partial charge in [0.2, 0.25) is 0 Å². The van der Waals surface area contributed by atoms with Crippen LogP contribution >= 0.6 is 10.3 Å². The Bertz CT molecular complexity index is 1490. The van der Waals surface area contributed by atoms with E-state index < -0.39 is 20.4 Å². The van der Waals surface area contributed by atoms with E-state index in [1.807, 2.05) is 91.0 Å². The minimum absolute atomic E-state index is 0.0108. The molecule has 0 amide bonds. The third-order valence-electron chi connectivity index (χ3n) is 7.06. The molecule has 0 radical (unpaired) electrons. The Hall–Kier alpha value is -3.06. The Labute approximate surface area is 242 Å². The largest absolute Gasteiger partial charge is 0.497 e. The molecule has 6 heteroatoms. The van der Waals surface area contributed by atoms with E-state index >= 15 is 0 Å². The van der Waals surface area contributed by atoms with Crippen molar-refractivity contribution in [1.29, 1.82) is 0 Å². The Morgan fingerprint density at radius 1 is 0.550 bits per heavy atom. The molecule has 212 valence electrons. The molecule has 4 aromatic rings. The van der Waals surface area contributed by atoms with Gasteiger partial charge < -0.3 is 4.74 Å². The summed E-state index contributed by atoms with van der Waals surface area (Å²) in [5.74, 6) is 1.11. The van der Waals surface area contributed by atoms with Crippen molar-refractivity contribution in [2.75, 3.05) is 7.11 Å². The summed E-state index contributed by atoms with van der Waals surface area (Å²) < 4.78 is 41.4. The summed E-state index contributed by atoms with van der Waals surface area (Å²) in [6, 6.07) is 30.6. The van der Waals surface area contributed by atoms with Crippen molar-refractivity contribution in [3.8, 4) is 5.75 Å². The highest BCUT2D eigenvalue weighted by Crippen LogP contribution is 2.70. The number of benzene rings is 4. The van der Waals surface area contributed by atoms with Crippen molar-refractivity contribution in [2.24, 2.45) is 0 Å². The second kappa shape index (κ2) is 12.2. The van der Waals surface area contributed by atoms with E-state index in [4.69, 9.17) is 8.37 Å². The first-order valence-corrected chi connectivity index (χ1v) is 16.7. The van der Waals surface area contributed by atoms with Crippen LogP contribution in [0.25, 0.3) is 0 Å². The number of methoxy groups -OCH3 is 1. The zero-order chi connectivity index (χ0) is 29.1. The predicted octanol–water partition coefficient (Wildman–Crippen LogP) is 9.67. The molecule has 4 aromatic carbocycles. The topological polar surface area (TPSA) is 52.6 Å². The standard InChI is InChI=1S/C34H40O4S2/c1-24(2)31-22-23-32(34(26(5)6)33(31)25(3)4)40(35,36)38-39(28-14-10-8-11-15-28,29-16-12-9-13-17-29)30-20-18-27(37-7)19-21-30/h8-26H,1-7H3. The summed E-state index contributed by atoms with van der Waals surface area (Å²) in [5, 5.41) is 0. The first-order valence-electron chi connectivity index (χ1n) is 13.7. The van der Waals surface area contributed by atoms with Gasteiger partial charge in [-0.05, 0) is 99.4 Å². The number of rotatable bonds is 10. The zero-order valence-electron chi connectivity index (χ0n) is 24.4. The molecule has 0 fully saturated rings. The molecule has 0 aliphatic rings. The fraction of sp³-hybridized carbons (Fsp3) is 0.294. The van der Waals surface area contributed by atoms with Gasteiger partial charge in [-0.3, -0.25) is 0 Å². The van der Waals surface area contributed by atoms with Crippen LogP contribution in [0.2, 0.25) is 0 Å². The Kier molecular flexibility index (Phi) is 9.13. The number of hydrogen-bond acceptors (Lipinski definition) is 4. The molecule has 0 heterocycles. The normalized spacial score (nSPS) is 12.8. The van der Waals surface area contributed by atoms with Gasteiger partial charge in [0.25, 0.3) is 0 Å². The van der Waals surface area contributed by atoms with Crippen molar-refractivity contribution < 1.29 is 16.8 Å². The lowest BCUT2D eigenvalue weighted by Gasteiger charge is -2.39. The fourth-order valence-electron chi connectivity index (χ4n) is 5.28. The Balaban J connectivity index is 2.05. The second-order valence-corrected chi connectivity index (χ2v) is 15.2. The maximum Gasteiger partial charge on any atom is 0.307 e. The van der Waals surface area contributed by atoms with Gasteiger partial charge in [0.05, 0.1) is 12.0 Å².